The Morgan fingerprint density at radius 1 is 0.919 bits per heavy atom. The molecule has 9 heteroatoms. The fourth-order valence-corrected chi connectivity index (χ4v) is 4.72. The van der Waals surface area contributed by atoms with Gasteiger partial charge in [-0.05, 0) is 53.4 Å². The zero-order chi connectivity index (χ0) is 26.1. The molecular weight excluding hydrogens is 503 g/mol. The van der Waals surface area contributed by atoms with Crippen molar-refractivity contribution in [1.82, 2.24) is 0 Å². The van der Waals surface area contributed by atoms with Crippen molar-refractivity contribution in [3.63, 3.8) is 0 Å². The summed E-state index contributed by atoms with van der Waals surface area (Å²) >= 11 is 6.39. The Morgan fingerprint density at radius 3 is 2.49 bits per heavy atom. The third-order valence-electron chi connectivity index (χ3n) is 6.53. The van der Waals surface area contributed by atoms with Crippen LogP contribution < -0.4 is 4.74 Å². The van der Waals surface area contributed by atoms with Gasteiger partial charge in [0.2, 0.25) is 0 Å². The highest BCUT2D eigenvalue weighted by Crippen LogP contribution is 2.34. The number of benzene rings is 3. The van der Waals surface area contributed by atoms with Gasteiger partial charge in [-0.3, -0.25) is 0 Å². The number of halogens is 2. The molecule has 5 atom stereocenters. The smallest absolute Gasteiger partial charge is 0.165 e. The van der Waals surface area contributed by atoms with Crippen LogP contribution in [-0.2, 0) is 17.8 Å². The maximum atomic E-state index is 14.8. The fourth-order valence-electron chi connectivity index (χ4n) is 4.53. The maximum Gasteiger partial charge on any atom is 0.165 e. The van der Waals surface area contributed by atoms with Crippen LogP contribution in [0.25, 0.3) is 11.0 Å². The van der Waals surface area contributed by atoms with E-state index in [2.05, 4.69) is 0 Å². The van der Waals surface area contributed by atoms with Gasteiger partial charge in [0.05, 0.1) is 6.61 Å². The second-order valence-corrected chi connectivity index (χ2v) is 9.49. The summed E-state index contributed by atoms with van der Waals surface area (Å²) in [6.07, 6.45) is -6.08. The van der Waals surface area contributed by atoms with Crippen molar-refractivity contribution < 1.29 is 38.7 Å². The third-order valence-corrected chi connectivity index (χ3v) is 6.90. The van der Waals surface area contributed by atoms with E-state index in [-0.39, 0.29) is 18.8 Å². The first-order valence-electron chi connectivity index (χ1n) is 11.8. The molecule has 0 amide bonds. The Labute approximate surface area is 217 Å². The first-order chi connectivity index (χ1) is 17.8. The Balaban J connectivity index is 1.30. The summed E-state index contributed by atoms with van der Waals surface area (Å²) in [6, 6.07) is 19.0. The van der Waals surface area contributed by atoms with Gasteiger partial charge in [0.15, 0.2) is 11.6 Å². The largest absolute Gasteiger partial charge is 0.483 e. The second-order valence-electron chi connectivity index (χ2n) is 9.08. The number of rotatable bonds is 7. The van der Waals surface area contributed by atoms with Gasteiger partial charge in [-0.2, -0.15) is 0 Å². The van der Waals surface area contributed by atoms with Gasteiger partial charge in [-0.1, -0.05) is 48.0 Å². The van der Waals surface area contributed by atoms with Crippen LogP contribution in [0, 0.1) is 5.82 Å². The van der Waals surface area contributed by atoms with Gasteiger partial charge in [0.25, 0.3) is 0 Å². The van der Waals surface area contributed by atoms with Gasteiger partial charge in [0.1, 0.15) is 48.5 Å². The van der Waals surface area contributed by atoms with E-state index < -0.39 is 42.9 Å². The van der Waals surface area contributed by atoms with Crippen LogP contribution >= 0.6 is 11.6 Å². The molecule has 0 radical (unpaired) electrons. The highest BCUT2D eigenvalue weighted by atomic mass is 35.5. The summed E-state index contributed by atoms with van der Waals surface area (Å²) < 4.78 is 31.8. The molecule has 7 nitrogen and oxygen atoms in total. The lowest BCUT2D eigenvalue weighted by Crippen LogP contribution is -2.55. The van der Waals surface area contributed by atoms with E-state index in [1.54, 1.807) is 30.3 Å². The predicted molar refractivity (Wildman–Crippen MR) is 134 cm³/mol. The molecule has 0 aliphatic carbocycles. The topological polar surface area (TPSA) is 113 Å². The summed E-state index contributed by atoms with van der Waals surface area (Å²) in [4.78, 5) is 0. The monoisotopic (exact) mass is 528 g/mol. The van der Waals surface area contributed by atoms with Gasteiger partial charge >= 0.3 is 0 Å². The summed E-state index contributed by atoms with van der Waals surface area (Å²) in [7, 11) is 0. The highest BCUT2D eigenvalue weighted by molar-refractivity contribution is 6.31. The molecule has 1 aliphatic rings. The number of hydrogen-bond acceptors (Lipinski definition) is 7. The molecule has 1 aliphatic heterocycles. The van der Waals surface area contributed by atoms with E-state index in [1.165, 1.54) is 6.07 Å². The van der Waals surface area contributed by atoms with E-state index in [0.717, 1.165) is 11.0 Å². The van der Waals surface area contributed by atoms with Crippen LogP contribution in [0.1, 0.15) is 28.6 Å². The Hall–Kier alpha value is -2.98. The van der Waals surface area contributed by atoms with Crippen molar-refractivity contribution in [2.75, 3.05) is 6.61 Å². The van der Waals surface area contributed by atoms with Crippen molar-refractivity contribution in [3.8, 4) is 5.75 Å². The van der Waals surface area contributed by atoms with Crippen molar-refractivity contribution >= 4 is 22.6 Å². The zero-order valence-corrected chi connectivity index (χ0v) is 20.4. The quantitative estimate of drug-likeness (QED) is 0.288. The van der Waals surface area contributed by atoms with E-state index in [9.17, 15) is 24.8 Å². The first kappa shape index (κ1) is 25.7. The van der Waals surface area contributed by atoms with E-state index in [1.807, 2.05) is 30.3 Å². The van der Waals surface area contributed by atoms with Gasteiger partial charge in [0, 0.05) is 10.4 Å². The first-order valence-corrected chi connectivity index (χ1v) is 12.2. The molecule has 1 saturated heterocycles. The summed E-state index contributed by atoms with van der Waals surface area (Å²) in [5, 5.41) is 41.4. The molecule has 3 aromatic carbocycles. The molecule has 4 N–H and O–H groups in total. The number of hydrogen-bond donors (Lipinski definition) is 4. The average molecular weight is 529 g/mol. The summed E-state index contributed by atoms with van der Waals surface area (Å²) in [6.45, 7) is -0.441. The number of aliphatic hydroxyl groups excluding tert-OH is 4. The van der Waals surface area contributed by atoms with Crippen LogP contribution in [0.3, 0.4) is 0 Å². The van der Waals surface area contributed by atoms with Gasteiger partial charge in [-0.15, -0.1) is 0 Å². The Bertz CT molecular complexity index is 1360. The summed E-state index contributed by atoms with van der Waals surface area (Å²) in [5.74, 6) is 0.140. The zero-order valence-electron chi connectivity index (χ0n) is 19.6. The van der Waals surface area contributed by atoms with Crippen molar-refractivity contribution in [2.24, 2.45) is 0 Å². The standard InChI is InChI=1S/C28H26ClFO7/c29-20-7-6-17(28-27(34)26(33)25(32)24(13-31)37-28)11-18(20)9-15-5-8-23(21(30)10-15)35-14-19-12-16-3-1-2-4-22(16)36-19/h1-8,10-12,24-28,31-34H,9,13-14H2/t24-,25-,26+,27-,28+/m1/s1. The molecule has 5 rings (SSSR count). The molecule has 194 valence electrons. The molecule has 37 heavy (non-hydrogen) atoms. The minimum atomic E-state index is -1.49. The second kappa shape index (κ2) is 10.8. The van der Waals surface area contributed by atoms with Crippen LogP contribution in [0.4, 0.5) is 4.39 Å². The van der Waals surface area contributed by atoms with Crippen molar-refractivity contribution in [1.29, 1.82) is 0 Å². The summed E-state index contributed by atoms with van der Waals surface area (Å²) in [5.41, 5.74) is 2.52. The lowest BCUT2D eigenvalue weighted by molar-refractivity contribution is -0.231. The molecule has 0 bridgehead atoms. The molecule has 0 spiro atoms. The molecule has 1 aromatic heterocycles. The van der Waals surface area contributed by atoms with Crippen LogP contribution in [-0.4, -0.2) is 51.4 Å². The molecule has 1 fully saturated rings. The third kappa shape index (κ3) is 5.36. The normalized spacial score (nSPS) is 23.9. The van der Waals surface area contributed by atoms with Crippen molar-refractivity contribution in [3.05, 3.63) is 100 Å². The minimum absolute atomic E-state index is 0.0813. The van der Waals surface area contributed by atoms with Crippen LogP contribution in [0.2, 0.25) is 5.02 Å². The number of aliphatic hydroxyl groups is 4. The highest BCUT2D eigenvalue weighted by Gasteiger charge is 2.44. The predicted octanol–water partition coefficient (Wildman–Crippen LogP) is 3.91. The van der Waals surface area contributed by atoms with Crippen LogP contribution in [0.15, 0.2) is 71.1 Å². The SMILES string of the molecule is OC[C@H]1O[C@@H](c2ccc(Cl)c(Cc3ccc(OCc4cc5ccccc5o4)c(F)c3)c2)[C@H](O)[C@@H](O)[C@@H]1O. The average Bonchev–Trinajstić information content (AvgIpc) is 3.31. The lowest BCUT2D eigenvalue weighted by atomic mass is 9.90. The molecular formula is C28H26ClFO7. The van der Waals surface area contributed by atoms with Crippen LogP contribution in [0.5, 0.6) is 5.75 Å². The van der Waals surface area contributed by atoms with Gasteiger partial charge in [-0.25, -0.2) is 4.39 Å². The number of furan rings is 1. The Kier molecular flexibility index (Phi) is 7.48. The van der Waals surface area contributed by atoms with E-state index in [4.69, 9.17) is 25.5 Å². The minimum Gasteiger partial charge on any atom is -0.483 e. The fraction of sp³-hybridized carbons (Fsp3) is 0.286. The van der Waals surface area contributed by atoms with Gasteiger partial charge < -0.3 is 34.3 Å². The molecule has 0 unspecified atom stereocenters. The van der Waals surface area contributed by atoms with E-state index >= 15 is 0 Å². The van der Waals surface area contributed by atoms with Crippen molar-refractivity contribution in [2.45, 2.75) is 43.5 Å². The molecule has 4 aromatic rings. The van der Waals surface area contributed by atoms with E-state index in [0.29, 0.717) is 27.5 Å². The Morgan fingerprint density at radius 2 is 1.73 bits per heavy atom. The number of para-hydroxylation sites is 1. The lowest BCUT2D eigenvalue weighted by Gasteiger charge is -2.40. The molecule has 2 heterocycles. The number of ether oxygens (including phenoxy) is 2. The molecule has 0 saturated carbocycles. The maximum absolute atomic E-state index is 14.8. The number of fused-ring (bicyclic) bond motifs is 1.